The Morgan fingerprint density at radius 1 is 1.09 bits per heavy atom. The molecule has 182 valence electrons. The molecule has 0 spiro atoms. The van der Waals surface area contributed by atoms with E-state index in [1.165, 1.54) is 13.8 Å². The van der Waals surface area contributed by atoms with Crippen LogP contribution in [0.3, 0.4) is 0 Å². The first-order valence-corrected chi connectivity index (χ1v) is 11.6. The Bertz CT molecular complexity index is 1280. The number of ether oxygens (including phenoxy) is 2. The molecule has 0 unspecified atom stereocenters. The maximum atomic E-state index is 13.3. The first kappa shape index (κ1) is 24.4. The second kappa shape index (κ2) is 9.88. The van der Waals surface area contributed by atoms with Gasteiger partial charge in [-0.05, 0) is 74.7 Å². The average Bonchev–Trinajstić information content (AvgIpc) is 2.84. The Morgan fingerprint density at radius 3 is 2.40 bits per heavy atom. The number of aromatic nitrogens is 1. The summed E-state index contributed by atoms with van der Waals surface area (Å²) in [6, 6.07) is 13.4. The van der Waals surface area contributed by atoms with E-state index in [9.17, 15) is 14.7 Å². The molecule has 0 bridgehead atoms. The van der Waals surface area contributed by atoms with Gasteiger partial charge in [-0.2, -0.15) is 0 Å². The van der Waals surface area contributed by atoms with Gasteiger partial charge in [-0.1, -0.05) is 24.3 Å². The Kier molecular flexibility index (Phi) is 6.89. The normalized spacial score (nSPS) is 14.5. The summed E-state index contributed by atoms with van der Waals surface area (Å²) < 4.78 is 11.3. The van der Waals surface area contributed by atoms with Crippen LogP contribution in [0.4, 0.5) is 5.82 Å². The predicted octanol–water partition coefficient (Wildman–Crippen LogP) is 4.83. The van der Waals surface area contributed by atoms with Crippen molar-refractivity contribution < 1.29 is 24.2 Å². The first-order chi connectivity index (χ1) is 16.7. The number of carbonyl (C=O) groups excluding carboxylic acids is 1. The standard InChI is InChI=1S/C28H30N2O5/c1-18-15-20(16-19(2)25(18)35-28(3,4)27(32)33)9-10-24(31)22-17-21-7-5-6-8-23(21)29-26(22)30-11-13-34-14-12-30/h5-10,15-17H,11-14H2,1-4H3,(H,32,33)/b10-9+. The molecule has 7 nitrogen and oxygen atoms in total. The molecule has 2 aromatic carbocycles. The van der Waals surface area contributed by atoms with Gasteiger partial charge < -0.3 is 19.5 Å². The number of pyridine rings is 1. The van der Waals surface area contributed by atoms with Crippen LogP contribution >= 0.6 is 0 Å². The van der Waals surface area contributed by atoms with E-state index in [-0.39, 0.29) is 5.78 Å². The van der Waals surface area contributed by atoms with Crippen molar-refractivity contribution in [1.29, 1.82) is 0 Å². The summed E-state index contributed by atoms with van der Waals surface area (Å²) in [5.41, 5.74) is 2.48. The number of allylic oxidation sites excluding steroid dienone is 1. The van der Waals surface area contributed by atoms with Gasteiger partial charge in [0.05, 0.1) is 24.3 Å². The second-order valence-electron chi connectivity index (χ2n) is 9.25. The fraction of sp³-hybridized carbons (Fsp3) is 0.321. The van der Waals surface area contributed by atoms with Gasteiger partial charge in [0.25, 0.3) is 0 Å². The summed E-state index contributed by atoms with van der Waals surface area (Å²) in [5.74, 6) is 0.0428. The summed E-state index contributed by atoms with van der Waals surface area (Å²) >= 11 is 0. The van der Waals surface area contributed by atoms with Crippen molar-refractivity contribution in [3.63, 3.8) is 0 Å². The number of nitrogens with zero attached hydrogens (tertiary/aromatic N) is 2. The van der Waals surface area contributed by atoms with Crippen LogP contribution in [0.2, 0.25) is 0 Å². The molecule has 1 fully saturated rings. The Hall–Kier alpha value is -3.71. The number of aliphatic carboxylic acids is 1. The van der Waals surface area contributed by atoms with Gasteiger partial charge in [-0.25, -0.2) is 9.78 Å². The molecule has 1 N–H and O–H groups in total. The van der Waals surface area contributed by atoms with Gasteiger partial charge >= 0.3 is 5.97 Å². The van der Waals surface area contributed by atoms with Crippen LogP contribution in [0.15, 0.2) is 48.5 Å². The zero-order chi connectivity index (χ0) is 25.2. The molecule has 1 aliphatic heterocycles. The second-order valence-corrected chi connectivity index (χ2v) is 9.25. The Morgan fingerprint density at radius 2 is 1.74 bits per heavy atom. The minimum absolute atomic E-state index is 0.132. The highest BCUT2D eigenvalue weighted by molar-refractivity contribution is 6.11. The largest absolute Gasteiger partial charge is 0.478 e. The smallest absolute Gasteiger partial charge is 0.347 e. The van der Waals surface area contributed by atoms with Gasteiger partial charge in [0.2, 0.25) is 0 Å². The fourth-order valence-corrected chi connectivity index (χ4v) is 4.10. The van der Waals surface area contributed by atoms with Gasteiger partial charge in [0.15, 0.2) is 11.4 Å². The monoisotopic (exact) mass is 474 g/mol. The lowest BCUT2D eigenvalue weighted by Gasteiger charge is -2.29. The zero-order valence-electron chi connectivity index (χ0n) is 20.5. The fourth-order valence-electron chi connectivity index (χ4n) is 4.10. The number of aryl methyl sites for hydroxylation is 2. The quantitative estimate of drug-likeness (QED) is 0.388. The van der Waals surface area contributed by atoms with Crippen LogP contribution in [0.5, 0.6) is 5.75 Å². The molecule has 0 amide bonds. The number of carboxylic acids is 1. The first-order valence-electron chi connectivity index (χ1n) is 11.6. The Balaban J connectivity index is 1.64. The number of rotatable bonds is 7. The van der Waals surface area contributed by atoms with E-state index in [2.05, 4.69) is 4.90 Å². The number of ketones is 1. The third-order valence-corrected chi connectivity index (χ3v) is 6.06. The maximum Gasteiger partial charge on any atom is 0.347 e. The lowest BCUT2D eigenvalue weighted by atomic mass is 10.0. The summed E-state index contributed by atoms with van der Waals surface area (Å²) in [7, 11) is 0. The van der Waals surface area contributed by atoms with Gasteiger partial charge in [-0.3, -0.25) is 4.79 Å². The highest BCUT2D eigenvalue weighted by Crippen LogP contribution is 2.30. The van der Waals surface area contributed by atoms with Gasteiger partial charge in [0.1, 0.15) is 11.6 Å². The number of anilines is 1. The molecule has 0 radical (unpaired) electrons. The number of hydrogen-bond acceptors (Lipinski definition) is 6. The minimum atomic E-state index is -1.35. The lowest BCUT2D eigenvalue weighted by Crippen LogP contribution is -2.38. The number of morpholine rings is 1. The SMILES string of the molecule is Cc1cc(/C=C/C(=O)c2cc3ccccc3nc2N2CCOCC2)cc(C)c1OC(C)(C)C(=O)O. The van der Waals surface area contributed by atoms with Crippen LogP contribution in [-0.2, 0) is 9.53 Å². The van der Waals surface area contributed by atoms with Crippen molar-refractivity contribution in [2.24, 2.45) is 0 Å². The topological polar surface area (TPSA) is 89.0 Å². The van der Waals surface area contributed by atoms with Crippen LogP contribution in [-0.4, -0.2) is 53.7 Å². The van der Waals surface area contributed by atoms with Crippen LogP contribution < -0.4 is 9.64 Å². The molecule has 1 aliphatic rings. The molecule has 4 rings (SSSR count). The molecular weight excluding hydrogens is 444 g/mol. The van der Waals surface area contributed by atoms with Crippen molar-refractivity contribution >= 4 is 34.5 Å². The molecule has 0 aliphatic carbocycles. The predicted molar refractivity (Wildman–Crippen MR) is 136 cm³/mol. The van der Waals surface area contributed by atoms with Crippen LogP contribution in [0.25, 0.3) is 17.0 Å². The summed E-state index contributed by atoms with van der Waals surface area (Å²) in [6.07, 6.45) is 3.33. The van der Waals surface area contributed by atoms with Crippen molar-refractivity contribution in [2.75, 3.05) is 31.2 Å². The number of carboxylic acid groups (broad SMARTS) is 1. The molecule has 2 heterocycles. The molecule has 0 atom stereocenters. The van der Waals surface area contributed by atoms with E-state index in [1.807, 2.05) is 56.3 Å². The van der Waals surface area contributed by atoms with E-state index in [1.54, 1.807) is 12.2 Å². The number of fused-ring (bicyclic) bond motifs is 1. The van der Waals surface area contributed by atoms with E-state index in [0.29, 0.717) is 43.4 Å². The number of carbonyl (C=O) groups is 2. The Labute approximate surface area is 205 Å². The highest BCUT2D eigenvalue weighted by atomic mass is 16.5. The third kappa shape index (κ3) is 5.35. The third-order valence-electron chi connectivity index (χ3n) is 6.06. The van der Waals surface area contributed by atoms with Crippen molar-refractivity contribution in [3.8, 4) is 5.75 Å². The molecular formula is C28H30N2O5. The van der Waals surface area contributed by atoms with E-state index in [0.717, 1.165) is 27.6 Å². The minimum Gasteiger partial charge on any atom is -0.478 e. The molecule has 35 heavy (non-hydrogen) atoms. The number of benzene rings is 2. The molecule has 3 aromatic rings. The summed E-state index contributed by atoms with van der Waals surface area (Å²) in [6.45, 7) is 9.33. The number of para-hydroxylation sites is 1. The van der Waals surface area contributed by atoms with Crippen LogP contribution in [0, 0.1) is 13.8 Å². The summed E-state index contributed by atoms with van der Waals surface area (Å²) in [4.78, 5) is 31.7. The van der Waals surface area contributed by atoms with E-state index < -0.39 is 11.6 Å². The molecule has 1 aromatic heterocycles. The van der Waals surface area contributed by atoms with Crippen molar-refractivity contribution in [3.05, 3.63) is 70.8 Å². The lowest BCUT2D eigenvalue weighted by molar-refractivity contribution is -0.152. The van der Waals surface area contributed by atoms with Crippen LogP contribution in [0.1, 0.15) is 40.9 Å². The molecule has 0 saturated carbocycles. The van der Waals surface area contributed by atoms with Crippen molar-refractivity contribution in [2.45, 2.75) is 33.3 Å². The average molecular weight is 475 g/mol. The molecule has 7 heteroatoms. The van der Waals surface area contributed by atoms with Gasteiger partial charge in [0, 0.05) is 18.5 Å². The van der Waals surface area contributed by atoms with Gasteiger partial charge in [-0.15, -0.1) is 0 Å². The zero-order valence-corrected chi connectivity index (χ0v) is 20.5. The van der Waals surface area contributed by atoms with E-state index in [4.69, 9.17) is 14.5 Å². The maximum absolute atomic E-state index is 13.3. The summed E-state index contributed by atoms with van der Waals surface area (Å²) in [5, 5.41) is 10.3. The number of hydrogen-bond donors (Lipinski definition) is 1. The van der Waals surface area contributed by atoms with Crippen molar-refractivity contribution in [1.82, 2.24) is 4.98 Å². The molecule has 1 saturated heterocycles. The van der Waals surface area contributed by atoms with E-state index >= 15 is 0 Å². The highest BCUT2D eigenvalue weighted by Gasteiger charge is 2.30.